The molecule has 0 spiro atoms. The van der Waals surface area contributed by atoms with E-state index in [1.54, 1.807) is 29.2 Å². The summed E-state index contributed by atoms with van der Waals surface area (Å²) in [6.45, 7) is 0. The minimum absolute atomic E-state index is 0.118. The molecule has 0 aliphatic rings. The van der Waals surface area contributed by atoms with Crippen molar-refractivity contribution in [1.82, 2.24) is 19.6 Å². The molecule has 0 saturated carbocycles. The van der Waals surface area contributed by atoms with Crippen LogP contribution in [0.4, 0.5) is 0 Å². The SMILES string of the molecule is O=c1ccc(-c2ccc3nccn3n2)c[nH]1. The van der Waals surface area contributed by atoms with Crippen molar-refractivity contribution in [2.24, 2.45) is 0 Å². The van der Waals surface area contributed by atoms with E-state index < -0.39 is 0 Å². The van der Waals surface area contributed by atoms with Crippen molar-refractivity contribution < 1.29 is 0 Å². The number of nitrogens with one attached hydrogen (secondary N) is 1. The maximum atomic E-state index is 10.9. The standard InChI is InChI=1S/C11H8N4O/c16-11-4-1-8(7-13-11)9-2-3-10-12-5-6-15(10)14-9/h1-7H,(H,13,16). The summed E-state index contributed by atoms with van der Waals surface area (Å²) >= 11 is 0. The second kappa shape index (κ2) is 3.30. The topological polar surface area (TPSA) is 63.1 Å². The molecule has 0 aliphatic carbocycles. The summed E-state index contributed by atoms with van der Waals surface area (Å²) < 4.78 is 1.69. The lowest BCUT2D eigenvalue weighted by Crippen LogP contribution is -2.02. The van der Waals surface area contributed by atoms with Crippen LogP contribution >= 0.6 is 0 Å². The fraction of sp³-hybridized carbons (Fsp3) is 0. The Hall–Kier alpha value is -2.43. The van der Waals surface area contributed by atoms with E-state index in [1.807, 2.05) is 12.1 Å². The maximum absolute atomic E-state index is 10.9. The smallest absolute Gasteiger partial charge is 0.247 e. The van der Waals surface area contributed by atoms with Crippen LogP contribution in [-0.2, 0) is 0 Å². The summed E-state index contributed by atoms with van der Waals surface area (Å²) in [5, 5.41) is 4.37. The zero-order valence-electron chi connectivity index (χ0n) is 8.29. The van der Waals surface area contributed by atoms with Gasteiger partial charge in [0.15, 0.2) is 5.65 Å². The van der Waals surface area contributed by atoms with Crippen molar-refractivity contribution in [2.75, 3.05) is 0 Å². The number of H-pyrrole nitrogens is 1. The summed E-state index contributed by atoms with van der Waals surface area (Å²) in [6.07, 6.45) is 5.12. The van der Waals surface area contributed by atoms with Crippen molar-refractivity contribution >= 4 is 5.65 Å². The number of rotatable bonds is 1. The van der Waals surface area contributed by atoms with E-state index in [-0.39, 0.29) is 5.56 Å². The third-order valence-electron chi connectivity index (χ3n) is 2.34. The third-order valence-corrected chi connectivity index (χ3v) is 2.34. The Morgan fingerprint density at radius 2 is 2.12 bits per heavy atom. The van der Waals surface area contributed by atoms with Crippen molar-refractivity contribution in [1.29, 1.82) is 0 Å². The first-order chi connectivity index (χ1) is 7.83. The van der Waals surface area contributed by atoms with Gasteiger partial charge in [0.2, 0.25) is 5.56 Å². The van der Waals surface area contributed by atoms with Crippen molar-refractivity contribution in [3.8, 4) is 11.3 Å². The van der Waals surface area contributed by atoms with Gasteiger partial charge in [0.25, 0.3) is 0 Å². The van der Waals surface area contributed by atoms with Crippen LogP contribution < -0.4 is 5.56 Å². The lowest BCUT2D eigenvalue weighted by molar-refractivity contribution is 0.941. The Labute approximate surface area is 90.4 Å². The molecule has 3 rings (SSSR count). The number of aromatic amines is 1. The van der Waals surface area contributed by atoms with Gasteiger partial charge in [-0.2, -0.15) is 5.10 Å². The Balaban J connectivity index is 2.17. The van der Waals surface area contributed by atoms with Crippen molar-refractivity contribution in [3.05, 3.63) is 53.2 Å². The molecule has 0 atom stereocenters. The molecule has 0 unspecified atom stereocenters. The second-order valence-electron chi connectivity index (χ2n) is 3.39. The second-order valence-corrected chi connectivity index (χ2v) is 3.39. The molecule has 3 heterocycles. The van der Waals surface area contributed by atoms with Crippen LogP contribution in [0.5, 0.6) is 0 Å². The lowest BCUT2D eigenvalue weighted by atomic mass is 10.2. The Morgan fingerprint density at radius 1 is 1.19 bits per heavy atom. The van der Waals surface area contributed by atoms with Crippen LogP contribution in [0.3, 0.4) is 0 Å². The molecule has 3 aromatic heterocycles. The van der Waals surface area contributed by atoms with Gasteiger partial charge >= 0.3 is 0 Å². The van der Waals surface area contributed by atoms with Gasteiger partial charge in [-0.3, -0.25) is 4.79 Å². The minimum Gasteiger partial charge on any atom is -0.328 e. The van der Waals surface area contributed by atoms with Crippen LogP contribution in [-0.4, -0.2) is 19.6 Å². The number of hydrogen-bond acceptors (Lipinski definition) is 3. The first-order valence-electron chi connectivity index (χ1n) is 4.82. The first kappa shape index (κ1) is 8.84. The molecule has 0 fully saturated rings. The van der Waals surface area contributed by atoms with E-state index in [1.165, 1.54) is 6.07 Å². The number of imidazole rings is 1. The van der Waals surface area contributed by atoms with Crippen LogP contribution in [0, 0.1) is 0 Å². The van der Waals surface area contributed by atoms with Crippen molar-refractivity contribution in [3.63, 3.8) is 0 Å². The molecule has 0 amide bonds. The zero-order chi connectivity index (χ0) is 11.0. The van der Waals surface area contributed by atoms with E-state index in [9.17, 15) is 4.79 Å². The van der Waals surface area contributed by atoms with Gasteiger partial charge in [0.05, 0.1) is 5.69 Å². The molecule has 5 heteroatoms. The first-order valence-corrected chi connectivity index (χ1v) is 4.82. The molecular formula is C11H8N4O. The van der Waals surface area contributed by atoms with Gasteiger partial charge in [-0.15, -0.1) is 0 Å². The monoisotopic (exact) mass is 212 g/mol. The van der Waals surface area contributed by atoms with Gasteiger partial charge < -0.3 is 4.98 Å². The maximum Gasteiger partial charge on any atom is 0.247 e. The molecule has 0 aliphatic heterocycles. The molecule has 5 nitrogen and oxygen atoms in total. The van der Waals surface area contributed by atoms with E-state index in [0.29, 0.717) is 0 Å². The number of aromatic nitrogens is 4. The minimum atomic E-state index is -0.118. The number of pyridine rings is 1. The van der Waals surface area contributed by atoms with Gasteiger partial charge in [0.1, 0.15) is 0 Å². The lowest BCUT2D eigenvalue weighted by Gasteiger charge is -2.00. The summed E-state index contributed by atoms with van der Waals surface area (Å²) in [4.78, 5) is 17.7. The predicted octanol–water partition coefficient (Wildman–Crippen LogP) is 1.08. The Kier molecular flexibility index (Phi) is 1.83. The summed E-state index contributed by atoms with van der Waals surface area (Å²) in [6, 6.07) is 6.97. The highest BCUT2D eigenvalue weighted by molar-refractivity contribution is 5.58. The molecular weight excluding hydrogens is 204 g/mol. The molecule has 1 N–H and O–H groups in total. The van der Waals surface area contributed by atoms with E-state index in [4.69, 9.17) is 0 Å². The van der Waals surface area contributed by atoms with Crippen LogP contribution in [0.2, 0.25) is 0 Å². The number of nitrogens with zero attached hydrogens (tertiary/aromatic N) is 3. The molecule has 0 radical (unpaired) electrons. The Bertz CT molecular complexity index is 678. The number of fused-ring (bicyclic) bond motifs is 1. The summed E-state index contributed by atoms with van der Waals surface area (Å²) in [7, 11) is 0. The molecule has 0 aromatic carbocycles. The number of hydrogen-bond donors (Lipinski definition) is 1. The average Bonchev–Trinajstić information content (AvgIpc) is 2.77. The highest BCUT2D eigenvalue weighted by Gasteiger charge is 2.01. The molecule has 78 valence electrons. The Morgan fingerprint density at radius 3 is 2.94 bits per heavy atom. The predicted molar refractivity (Wildman–Crippen MR) is 59.0 cm³/mol. The van der Waals surface area contributed by atoms with Crippen LogP contribution in [0.1, 0.15) is 0 Å². The van der Waals surface area contributed by atoms with Crippen LogP contribution in [0.25, 0.3) is 16.9 Å². The van der Waals surface area contributed by atoms with E-state index in [0.717, 1.165) is 16.9 Å². The fourth-order valence-electron chi connectivity index (χ4n) is 1.54. The quantitative estimate of drug-likeness (QED) is 0.656. The molecule has 3 aromatic rings. The van der Waals surface area contributed by atoms with Crippen LogP contribution in [0.15, 0.2) is 47.7 Å². The molecule has 16 heavy (non-hydrogen) atoms. The third kappa shape index (κ3) is 1.38. The average molecular weight is 212 g/mol. The highest BCUT2D eigenvalue weighted by Crippen LogP contribution is 2.14. The zero-order valence-corrected chi connectivity index (χ0v) is 8.29. The van der Waals surface area contributed by atoms with Gasteiger partial charge in [0, 0.05) is 30.2 Å². The molecule has 0 saturated heterocycles. The van der Waals surface area contributed by atoms with Gasteiger partial charge in [-0.25, -0.2) is 9.50 Å². The van der Waals surface area contributed by atoms with Crippen molar-refractivity contribution in [2.45, 2.75) is 0 Å². The normalized spacial score (nSPS) is 10.8. The van der Waals surface area contributed by atoms with Gasteiger partial charge in [-0.1, -0.05) is 0 Å². The van der Waals surface area contributed by atoms with E-state index >= 15 is 0 Å². The summed E-state index contributed by atoms with van der Waals surface area (Å²) in [5.41, 5.74) is 2.34. The van der Waals surface area contributed by atoms with Gasteiger partial charge in [-0.05, 0) is 18.2 Å². The largest absolute Gasteiger partial charge is 0.328 e. The molecule has 0 bridgehead atoms. The highest BCUT2D eigenvalue weighted by atomic mass is 16.1. The summed E-state index contributed by atoms with van der Waals surface area (Å²) in [5.74, 6) is 0. The van der Waals surface area contributed by atoms with E-state index in [2.05, 4.69) is 15.1 Å². The fourth-order valence-corrected chi connectivity index (χ4v) is 1.54.